The van der Waals surface area contributed by atoms with Crippen molar-refractivity contribution in [1.82, 2.24) is 9.71 Å². The summed E-state index contributed by atoms with van der Waals surface area (Å²) < 4.78 is 27.9. The summed E-state index contributed by atoms with van der Waals surface area (Å²) >= 11 is 12.0. The van der Waals surface area contributed by atoms with Gasteiger partial charge in [-0.1, -0.05) is 77.8 Å². The van der Waals surface area contributed by atoms with Crippen LogP contribution in [0, 0.1) is 0 Å². The van der Waals surface area contributed by atoms with Crippen molar-refractivity contribution in [3.05, 3.63) is 112 Å². The molecular weight excluding hydrogens is 533 g/mol. The fourth-order valence-corrected chi connectivity index (χ4v) is 6.09. The summed E-state index contributed by atoms with van der Waals surface area (Å²) in [6.07, 6.45) is 1.66. The number of benzene rings is 3. The van der Waals surface area contributed by atoms with Crippen LogP contribution in [0.4, 0.5) is 5.82 Å². The smallest absolute Gasteiger partial charge is 0.322 e. The van der Waals surface area contributed by atoms with Gasteiger partial charge in [-0.2, -0.15) is 4.72 Å². The molecule has 0 aliphatic carbocycles. The standard InChI is InChI=1S/C27H23Cl2N3O4S/c28-22-7-4-8-23(29)26(22)37(35,36)32-24(27(33)34)16-18-10-12-20(13-11-18)21-6-3-5-19(15-21)17-31-25-9-1-2-14-30-25/h1-15,24,32H,16-17H2,(H,30,31)(H,33,34)/t24-/m0/s1. The van der Waals surface area contributed by atoms with Crippen molar-refractivity contribution in [3.8, 4) is 11.1 Å². The van der Waals surface area contributed by atoms with Crippen LogP contribution in [0.5, 0.6) is 0 Å². The molecule has 0 fully saturated rings. The molecule has 0 spiro atoms. The monoisotopic (exact) mass is 555 g/mol. The van der Waals surface area contributed by atoms with Crippen LogP contribution in [0.15, 0.2) is 96.0 Å². The number of rotatable bonds is 10. The predicted molar refractivity (Wildman–Crippen MR) is 145 cm³/mol. The Labute approximate surface area is 225 Å². The Morgan fingerprint density at radius 3 is 2.22 bits per heavy atom. The van der Waals surface area contributed by atoms with Crippen molar-refractivity contribution in [2.45, 2.75) is 23.9 Å². The third-order valence-corrected chi connectivity index (χ3v) is 8.00. The summed E-state index contributed by atoms with van der Waals surface area (Å²) in [6.45, 7) is 0.610. The van der Waals surface area contributed by atoms with Crippen molar-refractivity contribution in [2.24, 2.45) is 0 Å². The number of halogens is 2. The van der Waals surface area contributed by atoms with Gasteiger partial charge in [0.2, 0.25) is 10.0 Å². The average Bonchev–Trinajstić information content (AvgIpc) is 2.88. The number of anilines is 1. The van der Waals surface area contributed by atoms with E-state index in [1.165, 1.54) is 18.2 Å². The number of nitrogens with one attached hydrogen (secondary N) is 2. The van der Waals surface area contributed by atoms with Crippen LogP contribution >= 0.6 is 23.2 Å². The Balaban J connectivity index is 1.46. The molecule has 3 N–H and O–H groups in total. The highest BCUT2D eigenvalue weighted by molar-refractivity contribution is 7.89. The maximum Gasteiger partial charge on any atom is 0.322 e. The van der Waals surface area contributed by atoms with Crippen molar-refractivity contribution in [1.29, 1.82) is 0 Å². The second kappa shape index (κ2) is 11.7. The zero-order valence-corrected chi connectivity index (χ0v) is 21.8. The predicted octanol–water partition coefficient (Wildman–Crippen LogP) is 5.64. The van der Waals surface area contributed by atoms with Gasteiger partial charge in [-0.15, -0.1) is 0 Å². The van der Waals surface area contributed by atoms with E-state index in [1.807, 2.05) is 48.5 Å². The Bertz CT molecular complexity index is 1480. The number of hydrogen-bond donors (Lipinski definition) is 3. The molecule has 0 aliphatic heterocycles. The number of carboxylic acid groups (broad SMARTS) is 1. The van der Waals surface area contributed by atoms with Crippen LogP contribution in [-0.4, -0.2) is 30.5 Å². The summed E-state index contributed by atoms with van der Waals surface area (Å²) in [6, 6.07) is 23.9. The van der Waals surface area contributed by atoms with E-state index in [-0.39, 0.29) is 21.4 Å². The molecule has 190 valence electrons. The fourth-order valence-electron chi connectivity index (χ4n) is 3.75. The lowest BCUT2D eigenvalue weighted by molar-refractivity contribution is -0.138. The number of pyridine rings is 1. The minimum absolute atomic E-state index is 0.0645. The molecule has 0 saturated carbocycles. The summed E-state index contributed by atoms with van der Waals surface area (Å²) in [5.74, 6) is -0.526. The SMILES string of the molecule is O=C(O)[C@H](Cc1ccc(-c2cccc(CNc3ccccn3)c2)cc1)NS(=O)(=O)c1c(Cl)cccc1Cl. The molecule has 4 aromatic rings. The lowest BCUT2D eigenvalue weighted by Gasteiger charge is -2.16. The minimum Gasteiger partial charge on any atom is -0.480 e. The van der Waals surface area contributed by atoms with Gasteiger partial charge in [-0.3, -0.25) is 4.79 Å². The van der Waals surface area contributed by atoms with Gasteiger partial charge in [-0.05, 0) is 59.0 Å². The zero-order valence-electron chi connectivity index (χ0n) is 19.4. The first-order chi connectivity index (χ1) is 17.7. The number of aliphatic carboxylic acids is 1. The minimum atomic E-state index is -4.27. The van der Waals surface area contributed by atoms with Crippen LogP contribution in [0.2, 0.25) is 10.0 Å². The third-order valence-electron chi connectivity index (χ3n) is 5.58. The van der Waals surface area contributed by atoms with Gasteiger partial charge >= 0.3 is 5.97 Å². The van der Waals surface area contributed by atoms with Gasteiger partial charge in [0.15, 0.2) is 0 Å². The molecule has 1 atom stereocenters. The van der Waals surface area contributed by atoms with Gasteiger partial charge in [0, 0.05) is 12.7 Å². The molecule has 0 radical (unpaired) electrons. The second-order valence-electron chi connectivity index (χ2n) is 8.23. The van der Waals surface area contributed by atoms with Crippen molar-refractivity contribution in [3.63, 3.8) is 0 Å². The summed E-state index contributed by atoms with van der Waals surface area (Å²) in [5, 5.41) is 12.8. The second-order valence-corrected chi connectivity index (χ2v) is 10.7. The lowest BCUT2D eigenvalue weighted by Crippen LogP contribution is -2.42. The van der Waals surface area contributed by atoms with E-state index in [0.717, 1.165) is 22.5 Å². The molecule has 0 saturated heterocycles. The van der Waals surface area contributed by atoms with E-state index < -0.39 is 22.0 Å². The van der Waals surface area contributed by atoms with Crippen LogP contribution < -0.4 is 10.0 Å². The van der Waals surface area contributed by atoms with E-state index in [1.54, 1.807) is 18.3 Å². The van der Waals surface area contributed by atoms with Crippen LogP contribution in [0.25, 0.3) is 11.1 Å². The highest BCUT2D eigenvalue weighted by atomic mass is 35.5. The molecular formula is C27H23Cl2N3O4S. The Hall–Kier alpha value is -3.43. The zero-order chi connectivity index (χ0) is 26.4. The molecule has 0 unspecified atom stereocenters. The number of nitrogens with zero attached hydrogens (tertiary/aromatic N) is 1. The van der Waals surface area contributed by atoms with Gasteiger partial charge < -0.3 is 10.4 Å². The first-order valence-corrected chi connectivity index (χ1v) is 13.5. The summed E-state index contributed by atoms with van der Waals surface area (Å²) in [5.41, 5.74) is 3.66. The highest BCUT2D eigenvalue weighted by Gasteiger charge is 2.29. The van der Waals surface area contributed by atoms with E-state index in [0.29, 0.717) is 12.1 Å². The number of carboxylic acids is 1. The molecule has 0 bridgehead atoms. The molecule has 37 heavy (non-hydrogen) atoms. The molecule has 1 heterocycles. The van der Waals surface area contributed by atoms with E-state index in [9.17, 15) is 18.3 Å². The molecule has 0 amide bonds. The van der Waals surface area contributed by atoms with Gasteiger partial charge in [0.1, 0.15) is 16.8 Å². The molecule has 7 nitrogen and oxygen atoms in total. The first-order valence-electron chi connectivity index (χ1n) is 11.3. The van der Waals surface area contributed by atoms with Gasteiger partial charge in [-0.25, -0.2) is 13.4 Å². The maximum atomic E-state index is 12.8. The molecule has 4 rings (SSSR count). The number of aromatic nitrogens is 1. The summed E-state index contributed by atoms with van der Waals surface area (Å²) in [7, 11) is -4.27. The van der Waals surface area contributed by atoms with E-state index in [4.69, 9.17) is 23.2 Å². The highest BCUT2D eigenvalue weighted by Crippen LogP contribution is 2.29. The van der Waals surface area contributed by atoms with E-state index in [2.05, 4.69) is 21.1 Å². The molecule has 0 aliphatic rings. The van der Waals surface area contributed by atoms with Gasteiger partial charge in [0.25, 0.3) is 0 Å². The Morgan fingerprint density at radius 1 is 0.865 bits per heavy atom. The van der Waals surface area contributed by atoms with Crippen LogP contribution in [-0.2, 0) is 27.8 Å². The van der Waals surface area contributed by atoms with Crippen molar-refractivity contribution < 1.29 is 18.3 Å². The van der Waals surface area contributed by atoms with Crippen LogP contribution in [0.3, 0.4) is 0 Å². The quantitative estimate of drug-likeness (QED) is 0.233. The topological polar surface area (TPSA) is 108 Å². The molecule has 3 aromatic carbocycles. The lowest BCUT2D eigenvalue weighted by atomic mass is 9.99. The molecule has 1 aromatic heterocycles. The van der Waals surface area contributed by atoms with Crippen LogP contribution in [0.1, 0.15) is 11.1 Å². The van der Waals surface area contributed by atoms with E-state index >= 15 is 0 Å². The number of carbonyl (C=O) groups is 1. The number of hydrogen-bond acceptors (Lipinski definition) is 5. The third kappa shape index (κ3) is 6.87. The van der Waals surface area contributed by atoms with Crippen molar-refractivity contribution in [2.75, 3.05) is 5.32 Å². The average molecular weight is 556 g/mol. The maximum absolute atomic E-state index is 12.8. The Morgan fingerprint density at radius 2 is 1.57 bits per heavy atom. The fraction of sp³-hybridized carbons (Fsp3) is 0.111. The largest absolute Gasteiger partial charge is 0.480 e. The van der Waals surface area contributed by atoms with Crippen molar-refractivity contribution >= 4 is 45.0 Å². The first kappa shape index (κ1) is 26.6. The molecule has 10 heteroatoms. The summed E-state index contributed by atoms with van der Waals surface area (Å²) in [4.78, 5) is 15.8. The normalized spacial score (nSPS) is 12.2. The Kier molecular flexibility index (Phi) is 8.45. The van der Waals surface area contributed by atoms with Gasteiger partial charge in [0.05, 0.1) is 10.0 Å². The number of sulfonamides is 1.